The molecule has 0 unspecified atom stereocenters. The van der Waals surface area contributed by atoms with Crippen LogP contribution in [0.1, 0.15) is 39.0 Å². The molecule has 0 bridgehead atoms. The van der Waals surface area contributed by atoms with E-state index in [9.17, 15) is 0 Å². The quantitative estimate of drug-likeness (QED) is 0.422. The van der Waals surface area contributed by atoms with Crippen LogP contribution in [-0.2, 0) is 0 Å². The molecule has 0 saturated heterocycles. The van der Waals surface area contributed by atoms with Crippen LogP contribution in [0.15, 0.2) is 12.2 Å². The highest BCUT2D eigenvalue weighted by atomic mass is 14.2. The Morgan fingerprint density at radius 1 is 1.30 bits per heavy atom. The molecule has 10 heavy (non-hydrogen) atoms. The molecule has 1 nitrogen and oxygen atoms in total. The van der Waals surface area contributed by atoms with Crippen LogP contribution in [0.25, 0.3) is 0 Å². The maximum absolute atomic E-state index is 8.13. The van der Waals surface area contributed by atoms with E-state index in [0.717, 1.165) is 6.42 Å². The fourth-order valence-corrected chi connectivity index (χ4v) is 0.825. The fourth-order valence-electron chi connectivity index (χ4n) is 0.825. The molecule has 0 aromatic rings. The van der Waals surface area contributed by atoms with Gasteiger partial charge in [-0.25, -0.2) is 0 Å². The molecular weight excluding hydrogens is 122 g/mol. The van der Waals surface area contributed by atoms with Crippen molar-refractivity contribution in [3.8, 4) is 6.07 Å². The van der Waals surface area contributed by atoms with Crippen molar-refractivity contribution in [2.75, 3.05) is 0 Å². The van der Waals surface area contributed by atoms with Crippen LogP contribution in [0.4, 0.5) is 0 Å². The zero-order chi connectivity index (χ0) is 7.66. The highest BCUT2D eigenvalue weighted by Gasteiger charge is 1.82. The molecule has 0 aromatic heterocycles. The molecule has 0 spiro atoms. The maximum Gasteiger partial charge on any atom is 0.0908 e. The summed E-state index contributed by atoms with van der Waals surface area (Å²) >= 11 is 0. The van der Waals surface area contributed by atoms with Gasteiger partial charge in [0, 0.05) is 6.08 Å². The van der Waals surface area contributed by atoms with Crippen LogP contribution in [-0.4, -0.2) is 0 Å². The van der Waals surface area contributed by atoms with Crippen LogP contribution in [0.2, 0.25) is 0 Å². The minimum atomic E-state index is 1.06. The highest BCUT2D eigenvalue weighted by Crippen LogP contribution is 2.02. The summed E-state index contributed by atoms with van der Waals surface area (Å²) in [5.74, 6) is 0. The van der Waals surface area contributed by atoms with Crippen LogP contribution < -0.4 is 0 Å². The van der Waals surface area contributed by atoms with Gasteiger partial charge in [-0.3, -0.25) is 0 Å². The molecule has 0 aliphatic rings. The molecule has 0 rings (SSSR count). The van der Waals surface area contributed by atoms with E-state index in [1.807, 2.05) is 12.1 Å². The number of hydrogen-bond donors (Lipinski definition) is 0. The Labute approximate surface area is 63.4 Å². The number of nitrogens with zero attached hydrogens (tertiary/aromatic N) is 1. The van der Waals surface area contributed by atoms with Crippen LogP contribution >= 0.6 is 0 Å². The van der Waals surface area contributed by atoms with Gasteiger partial charge in [0.05, 0.1) is 6.07 Å². The van der Waals surface area contributed by atoms with Gasteiger partial charge in [-0.15, -0.1) is 0 Å². The lowest BCUT2D eigenvalue weighted by Gasteiger charge is -1.92. The molecule has 0 atom stereocenters. The molecule has 0 amide bonds. The Kier molecular flexibility index (Phi) is 7.60. The van der Waals surface area contributed by atoms with Gasteiger partial charge >= 0.3 is 0 Å². The SMILES string of the molecule is CCCCCC/C=C/C#N. The minimum absolute atomic E-state index is 1.06. The van der Waals surface area contributed by atoms with E-state index >= 15 is 0 Å². The molecule has 0 aliphatic heterocycles. The molecule has 0 aromatic carbocycles. The number of hydrogen-bond acceptors (Lipinski definition) is 1. The predicted molar refractivity (Wildman–Crippen MR) is 43.5 cm³/mol. The lowest BCUT2D eigenvalue weighted by Crippen LogP contribution is -1.72. The fraction of sp³-hybridized carbons (Fsp3) is 0.667. The van der Waals surface area contributed by atoms with Crippen molar-refractivity contribution in [3.05, 3.63) is 12.2 Å². The standard InChI is InChI=1S/C9H15N/c1-2-3-4-5-6-7-8-9-10/h7-8H,2-6H2,1H3/b8-7+. The first kappa shape index (κ1) is 9.23. The van der Waals surface area contributed by atoms with Gasteiger partial charge in [0.25, 0.3) is 0 Å². The number of allylic oxidation sites excluding steroid dienone is 2. The second-order valence-electron chi connectivity index (χ2n) is 2.38. The van der Waals surface area contributed by atoms with Crippen LogP contribution in [0.5, 0.6) is 0 Å². The smallest absolute Gasteiger partial charge is 0.0908 e. The predicted octanol–water partition coefficient (Wildman–Crippen LogP) is 3.04. The Hall–Kier alpha value is -0.770. The van der Waals surface area contributed by atoms with Crippen molar-refractivity contribution in [1.29, 1.82) is 5.26 Å². The molecule has 0 saturated carbocycles. The first-order chi connectivity index (χ1) is 4.91. The largest absolute Gasteiger partial charge is 0.193 e. The van der Waals surface area contributed by atoms with Gasteiger partial charge in [-0.2, -0.15) is 5.26 Å². The average Bonchev–Trinajstić information content (AvgIpc) is 1.97. The first-order valence-corrected chi connectivity index (χ1v) is 3.96. The van der Waals surface area contributed by atoms with E-state index in [1.54, 1.807) is 6.08 Å². The summed E-state index contributed by atoms with van der Waals surface area (Å²) < 4.78 is 0. The monoisotopic (exact) mass is 137 g/mol. The van der Waals surface area contributed by atoms with E-state index in [0.29, 0.717) is 0 Å². The van der Waals surface area contributed by atoms with E-state index in [4.69, 9.17) is 5.26 Å². The Balaban J connectivity index is 2.92. The van der Waals surface area contributed by atoms with Gasteiger partial charge in [0.15, 0.2) is 0 Å². The average molecular weight is 137 g/mol. The Bertz CT molecular complexity index is 119. The normalized spacial score (nSPS) is 10.0. The van der Waals surface area contributed by atoms with Crippen molar-refractivity contribution < 1.29 is 0 Å². The Morgan fingerprint density at radius 3 is 2.70 bits per heavy atom. The van der Waals surface area contributed by atoms with Crippen molar-refractivity contribution >= 4 is 0 Å². The molecule has 0 heterocycles. The lowest BCUT2D eigenvalue weighted by atomic mass is 10.1. The van der Waals surface area contributed by atoms with Crippen molar-refractivity contribution in [1.82, 2.24) is 0 Å². The third kappa shape index (κ3) is 7.23. The molecule has 0 N–H and O–H groups in total. The summed E-state index contributed by atoms with van der Waals surface area (Å²) in [4.78, 5) is 0. The van der Waals surface area contributed by atoms with Crippen molar-refractivity contribution in [3.63, 3.8) is 0 Å². The van der Waals surface area contributed by atoms with Crippen LogP contribution in [0, 0.1) is 11.3 Å². The molecular formula is C9H15N. The molecule has 0 radical (unpaired) electrons. The third-order valence-electron chi connectivity index (χ3n) is 1.42. The van der Waals surface area contributed by atoms with E-state index in [1.165, 1.54) is 25.7 Å². The van der Waals surface area contributed by atoms with E-state index in [-0.39, 0.29) is 0 Å². The second kappa shape index (κ2) is 8.23. The number of unbranched alkanes of at least 4 members (excludes halogenated alkanes) is 4. The van der Waals surface area contributed by atoms with Gasteiger partial charge in [-0.05, 0) is 12.8 Å². The van der Waals surface area contributed by atoms with Crippen molar-refractivity contribution in [2.24, 2.45) is 0 Å². The van der Waals surface area contributed by atoms with Gasteiger partial charge in [0.2, 0.25) is 0 Å². The molecule has 0 fully saturated rings. The lowest BCUT2D eigenvalue weighted by molar-refractivity contribution is 0.674. The number of rotatable bonds is 5. The summed E-state index contributed by atoms with van der Waals surface area (Å²) in [6.45, 7) is 2.20. The summed E-state index contributed by atoms with van der Waals surface area (Å²) in [5, 5.41) is 8.13. The summed E-state index contributed by atoms with van der Waals surface area (Å²) in [6.07, 6.45) is 9.69. The van der Waals surface area contributed by atoms with Crippen LogP contribution in [0.3, 0.4) is 0 Å². The zero-order valence-corrected chi connectivity index (χ0v) is 6.64. The minimum Gasteiger partial charge on any atom is -0.193 e. The Morgan fingerprint density at radius 2 is 2.10 bits per heavy atom. The summed E-state index contributed by atoms with van der Waals surface area (Å²) in [6, 6.07) is 1.98. The maximum atomic E-state index is 8.13. The number of nitriles is 1. The van der Waals surface area contributed by atoms with Gasteiger partial charge < -0.3 is 0 Å². The second-order valence-corrected chi connectivity index (χ2v) is 2.38. The summed E-state index contributed by atoms with van der Waals surface area (Å²) in [5.41, 5.74) is 0. The third-order valence-corrected chi connectivity index (χ3v) is 1.42. The molecule has 0 aliphatic carbocycles. The first-order valence-electron chi connectivity index (χ1n) is 3.96. The van der Waals surface area contributed by atoms with Gasteiger partial charge in [-0.1, -0.05) is 32.3 Å². The highest BCUT2D eigenvalue weighted by molar-refractivity contribution is 5.01. The topological polar surface area (TPSA) is 23.8 Å². The zero-order valence-electron chi connectivity index (χ0n) is 6.64. The van der Waals surface area contributed by atoms with Crippen molar-refractivity contribution in [2.45, 2.75) is 39.0 Å². The molecule has 56 valence electrons. The van der Waals surface area contributed by atoms with E-state index < -0.39 is 0 Å². The molecule has 1 heteroatoms. The summed E-state index contributed by atoms with van der Waals surface area (Å²) in [7, 11) is 0. The van der Waals surface area contributed by atoms with Gasteiger partial charge in [0.1, 0.15) is 0 Å². The van der Waals surface area contributed by atoms with E-state index in [2.05, 4.69) is 6.92 Å².